The third kappa shape index (κ3) is 11.7. The molecule has 45 heavy (non-hydrogen) atoms. The van der Waals surface area contributed by atoms with Gasteiger partial charge in [-0.05, 0) is 105 Å². The van der Waals surface area contributed by atoms with Crippen molar-refractivity contribution in [3.05, 3.63) is 96.1 Å². The highest BCUT2D eigenvalue weighted by Crippen LogP contribution is 2.26. The normalized spacial score (nSPS) is 10.4. The fourth-order valence-electron chi connectivity index (χ4n) is 3.91. The Labute approximate surface area is 261 Å². The Balaban J connectivity index is 1.45. The lowest BCUT2D eigenvalue weighted by Gasteiger charge is -2.11. The Morgan fingerprint density at radius 3 is 1.71 bits per heavy atom. The second kappa shape index (κ2) is 17.8. The van der Waals surface area contributed by atoms with E-state index in [0.717, 1.165) is 18.9 Å². The van der Waals surface area contributed by atoms with Gasteiger partial charge in [0.25, 0.3) is 0 Å². The standard InChI is InChI=1S/C35H36O10/c1-4-6-10-32(37)42-27-16-12-25(13-17-27)34(39)44-29-20-21-30(24(3)23-29)45-35(40)26-14-18-28(19-15-26)43-33(38)11-8-7-9-22-41-31(36)5-2/h5,12-21,23H,2,4,6-11,22H2,1,3H3. The highest BCUT2D eigenvalue weighted by atomic mass is 16.6. The molecule has 0 aliphatic carbocycles. The Kier molecular flexibility index (Phi) is 13.5. The number of carbonyl (C=O) groups is 5. The zero-order valence-electron chi connectivity index (χ0n) is 25.4. The summed E-state index contributed by atoms with van der Waals surface area (Å²) in [6.45, 7) is 7.28. The zero-order chi connectivity index (χ0) is 32.6. The summed E-state index contributed by atoms with van der Waals surface area (Å²) in [5.74, 6) is -1.25. The first-order chi connectivity index (χ1) is 21.7. The van der Waals surface area contributed by atoms with Gasteiger partial charge in [0.15, 0.2) is 0 Å². The van der Waals surface area contributed by atoms with E-state index in [0.29, 0.717) is 42.7 Å². The largest absolute Gasteiger partial charge is 0.463 e. The summed E-state index contributed by atoms with van der Waals surface area (Å²) in [7, 11) is 0. The molecule has 0 saturated heterocycles. The van der Waals surface area contributed by atoms with E-state index >= 15 is 0 Å². The Morgan fingerprint density at radius 2 is 1.18 bits per heavy atom. The minimum atomic E-state index is -0.617. The monoisotopic (exact) mass is 616 g/mol. The molecule has 236 valence electrons. The van der Waals surface area contributed by atoms with Gasteiger partial charge in [-0.1, -0.05) is 19.9 Å². The van der Waals surface area contributed by atoms with Crippen LogP contribution in [0.25, 0.3) is 0 Å². The van der Waals surface area contributed by atoms with Crippen molar-refractivity contribution in [1.82, 2.24) is 0 Å². The molecule has 0 amide bonds. The van der Waals surface area contributed by atoms with Crippen LogP contribution in [0.1, 0.15) is 78.1 Å². The number of unbranched alkanes of at least 4 members (excludes halogenated alkanes) is 3. The lowest BCUT2D eigenvalue weighted by atomic mass is 10.2. The number of hydrogen-bond acceptors (Lipinski definition) is 10. The van der Waals surface area contributed by atoms with Crippen molar-refractivity contribution in [2.45, 2.75) is 58.8 Å². The molecule has 10 heteroatoms. The van der Waals surface area contributed by atoms with Gasteiger partial charge in [-0.15, -0.1) is 0 Å². The highest BCUT2D eigenvalue weighted by Gasteiger charge is 2.15. The minimum absolute atomic E-state index is 0.201. The predicted molar refractivity (Wildman–Crippen MR) is 164 cm³/mol. The molecule has 0 bridgehead atoms. The minimum Gasteiger partial charge on any atom is -0.463 e. The molecule has 0 N–H and O–H groups in total. The molecule has 0 radical (unpaired) electrons. The Hall–Kier alpha value is -5.25. The van der Waals surface area contributed by atoms with Crippen LogP contribution < -0.4 is 18.9 Å². The third-order valence-electron chi connectivity index (χ3n) is 6.37. The number of esters is 5. The lowest BCUT2D eigenvalue weighted by molar-refractivity contribution is -0.138. The van der Waals surface area contributed by atoms with Gasteiger partial charge in [0, 0.05) is 18.9 Å². The zero-order valence-corrected chi connectivity index (χ0v) is 25.4. The molecule has 0 atom stereocenters. The van der Waals surface area contributed by atoms with Gasteiger partial charge in [0.2, 0.25) is 0 Å². The summed E-state index contributed by atoms with van der Waals surface area (Å²) in [4.78, 5) is 60.2. The molecular formula is C35H36O10. The Morgan fingerprint density at radius 1 is 0.644 bits per heavy atom. The first-order valence-corrected chi connectivity index (χ1v) is 14.6. The number of hydrogen-bond donors (Lipinski definition) is 0. The number of benzene rings is 3. The van der Waals surface area contributed by atoms with E-state index in [-0.39, 0.29) is 41.6 Å². The van der Waals surface area contributed by atoms with Gasteiger partial charge in [-0.2, -0.15) is 0 Å². The van der Waals surface area contributed by atoms with Crippen LogP contribution in [0, 0.1) is 6.92 Å². The molecule has 0 fully saturated rings. The van der Waals surface area contributed by atoms with Crippen LogP contribution in [0.3, 0.4) is 0 Å². The maximum Gasteiger partial charge on any atom is 0.343 e. The van der Waals surface area contributed by atoms with Crippen molar-refractivity contribution in [2.75, 3.05) is 6.61 Å². The van der Waals surface area contributed by atoms with Crippen molar-refractivity contribution in [2.24, 2.45) is 0 Å². The number of ether oxygens (including phenoxy) is 5. The SMILES string of the molecule is C=CC(=O)OCCCCCC(=O)Oc1ccc(C(=O)Oc2ccc(OC(=O)c3ccc(OC(=O)CCCC)cc3)cc2C)cc1. The second-order valence-electron chi connectivity index (χ2n) is 9.99. The van der Waals surface area contributed by atoms with Gasteiger partial charge in [-0.3, -0.25) is 9.59 Å². The number of rotatable bonds is 16. The smallest absolute Gasteiger partial charge is 0.343 e. The molecule has 0 aromatic heterocycles. The molecule has 0 unspecified atom stereocenters. The van der Waals surface area contributed by atoms with Gasteiger partial charge in [0.05, 0.1) is 17.7 Å². The van der Waals surface area contributed by atoms with E-state index in [1.807, 2.05) is 6.92 Å². The summed E-state index contributed by atoms with van der Waals surface area (Å²) >= 11 is 0. The van der Waals surface area contributed by atoms with Gasteiger partial charge in [0.1, 0.15) is 23.0 Å². The quantitative estimate of drug-likeness (QED) is 0.0739. The summed E-state index contributed by atoms with van der Waals surface area (Å²) in [5, 5.41) is 0. The maximum absolute atomic E-state index is 12.7. The molecule has 0 spiro atoms. The molecule has 0 saturated carbocycles. The Bertz CT molecular complexity index is 1490. The maximum atomic E-state index is 12.7. The summed E-state index contributed by atoms with van der Waals surface area (Å²) in [5.41, 5.74) is 1.08. The number of aryl methyl sites for hydroxylation is 1. The van der Waals surface area contributed by atoms with Crippen LogP contribution in [0.4, 0.5) is 0 Å². The first kappa shape index (κ1) is 34.2. The van der Waals surface area contributed by atoms with Crippen LogP contribution >= 0.6 is 0 Å². The van der Waals surface area contributed by atoms with Gasteiger partial charge in [-0.25, -0.2) is 14.4 Å². The molecule has 0 aliphatic rings. The predicted octanol–water partition coefficient (Wildman–Crippen LogP) is 6.72. The third-order valence-corrected chi connectivity index (χ3v) is 6.37. The highest BCUT2D eigenvalue weighted by molar-refractivity contribution is 5.92. The van der Waals surface area contributed by atoms with Crippen LogP contribution in [0.2, 0.25) is 0 Å². The van der Waals surface area contributed by atoms with E-state index in [1.165, 1.54) is 60.7 Å². The molecule has 3 aromatic carbocycles. The van der Waals surface area contributed by atoms with Crippen molar-refractivity contribution in [3.8, 4) is 23.0 Å². The average molecular weight is 617 g/mol. The van der Waals surface area contributed by atoms with Gasteiger partial charge < -0.3 is 23.7 Å². The van der Waals surface area contributed by atoms with E-state index in [4.69, 9.17) is 23.7 Å². The van der Waals surface area contributed by atoms with Crippen LogP contribution in [0.5, 0.6) is 23.0 Å². The van der Waals surface area contributed by atoms with Crippen LogP contribution in [0.15, 0.2) is 79.4 Å². The molecule has 3 aromatic rings. The molecule has 0 aliphatic heterocycles. The molecule has 10 nitrogen and oxygen atoms in total. The first-order valence-electron chi connectivity index (χ1n) is 14.6. The van der Waals surface area contributed by atoms with E-state index in [2.05, 4.69) is 6.58 Å². The van der Waals surface area contributed by atoms with Gasteiger partial charge >= 0.3 is 29.8 Å². The van der Waals surface area contributed by atoms with Crippen molar-refractivity contribution in [3.63, 3.8) is 0 Å². The fourth-order valence-corrected chi connectivity index (χ4v) is 3.91. The van der Waals surface area contributed by atoms with Crippen LogP contribution in [-0.4, -0.2) is 36.5 Å². The summed E-state index contributed by atoms with van der Waals surface area (Å²) < 4.78 is 26.4. The summed E-state index contributed by atoms with van der Waals surface area (Å²) in [6.07, 6.45) is 5.17. The second-order valence-corrected chi connectivity index (χ2v) is 9.99. The van der Waals surface area contributed by atoms with Crippen molar-refractivity contribution < 1.29 is 47.7 Å². The lowest BCUT2D eigenvalue weighted by Crippen LogP contribution is -2.11. The van der Waals surface area contributed by atoms with E-state index < -0.39 is 23.9 Å². The molecular weight excluding hydrogens is 580 g/mol. The van der Waals surface area contributed by atoms with E-state index in [9.17, 15) is 24.0 Å². The fraction of sp³-hybridized carbons (Fsp3) is 0.286. The van der Waals surface area contributed by atoms with E-state index in [1.54, 1.807) is 13.0 Å². The molecule has 0 heterocycles. The van der Waals surface area contributed by atoms with Crippen molar-refractivity contribution in [1.29, 1.82) is 0 Å². The topological polar surface area (TPSA) is 132 Å². The number of carbonyl (C=O) groups excluding carboxylic acids is 5. The summed E-state index contributed by atoms with van der Waals surface area (Å²) in [6, 6.07) is 16.7. The average Bonchev–Trinajstić information content (AvgIpc) is 3.03. The van der Waals surface area contributed by atoms with Crippen LogP contribution in [-0.2, 0) is 19.1 Å². The molecule has 3 rings (SSSR count). The van der Waals surface area contributed by atoms with Crippen molar-refractivity contribution >= 4 is 29.8 Å².